The minimum Gasteiger partial charge on any atom is -0.505 e. The van der Waals surface area contributed by atoms with Crippen molar-refractivity contribution < 1.29 is 9.50 Å². The van der Waals surface area contributed by atoms with E-state index in [2.05, 4.69) is 12.2 Å². The van der Waals surface area contributed by atoms with Gasteiger partial charge in [0.15, 0.2) is 11.6 Å². The fourth-order valence-electron chi connectivity index (χ4n) is 2.24. The van der Waals surface area contributed by atoms with E-state index in [1.807, 2.05) is 0 Å². The van der Waals surface area contributed by atoms with Gasteiger partial charge in [-0.15, -0.1) is 0 Å². The first-order valence-electron chi connectivity index (χ1n) is 5.90. The second-order valence-electron chi connectivity index (χ2n) is 4.77. The number of phenolic OH excluding ortho intramolecular Hbond substituents is 1. The Bertz CT molecular complexity index is 359. The lowest BCUT2D eigenvalue weighted by Gasteiger charge is -2.27. The second-order valence-corrected chi connectivity index (χ2v) is 4.77. The van der Waals surface area contributed by atoms with Crippen molar-refractivity contribution in [2.24, 2.45) is 5.92 Å². The summed E-state index contributed by atoms with van der Waals surface area (Å²) in [5.74, 6) is -0.0356. The summed E-state index contributed by atoms with van der Waals surface area (Å²) in [5.41, 5.74) is 0.759. The number of rotatable bonds is 2. The van der Waals surface area contributed by atoms with Crippen LogP contribution >= 0.6 is 0 Å². The van der Waals surface area contributed by atoms with E-state index in [-0.39, 0.29) is 5.75 Å². The average molecular weight is 223 g/mol. The van der Waals surface area contributed by atoms with Crippen molar-refractivity contribution in [2.75, 3.05) is 5.32 Å². The van der Waals surface area contributed by atoms with Crippen molar-refractivity contribution in [1.29, 1.82) is 0 Å². The molecule has 1 aliphatic rings. The van der Waals surface area contributed by atoms with Crippen molar-refractivity contribution >= 4 is 5.69 Å². The van der Waals surface area contributed by atoms with E-state index in [0.717, 1.165) is 24.4 Å². The summed E-state index contributed by atoms with van der Waals surface area (Å²) in [7, 11) is 0. The molecule has 0 atom stereocenters. The lowest BCUT2D eigenvalue weighted by Crippen LogP contribution is -2.25. The molecule has 1 fully saturated rings. The number of phenols is 1. The first kappa shape index (κ1) is 11.2. The van der Waals surface area contributed by atoms with Gasteiger partial charge in [0.25, 0.3) is 0 Å². The van der Waals surface area contributed by atoms with E-state index in [1.54, 1.807) is 6.07 Å². The third-order valence-electron chi connectivity index (χ3n) is 3.33. The molecule has 1 aromatic carbocycles. The molecular weight excluding hydrogens is 205 g/mol. The van der Waals surface area contributed by atoms with Gasteiger partial charge in [0.05, 0.1) is 0 Å². The van der Waals surface area contributed by atoms with Gasteiger partial charge in [0, 0.05) is 17.8 Å². The van der Waals surface area contributed by atoms with Gasteiger partial charge in [-0.25, -0.2) is 4.39 Å². The molecule has 0 spiro atoms. The Balaban J connectivity index is 1.96. The molecule has 2 N–H and O–H groups in total. The van der Waals surface area contributed by atoms with Gasteiger partial charge in [0.1, 0.15) is 0 Å². The summed E-state index contributed by atoms with van der Waals surface area (Å²) in [6.07, 6.45) is 4.75. The number of anilines is 1. The fourth-order valence-corrected chi connectivity index (χ4v) is 2.24. The summed E-state index contributed by atoms with van der Waals surface area (Å²) >= 11 is 0. The Hall–Kier alpha value is -1.25. The first-order valence-corrected chi connectivity index (χ1v) is 5.90. The predicted octanol–water partition coefficient (Wildman–Crippen LogP) is 3.52. The summed E-state index contributed by atoms with van der Waals surface area (Å²) in [6, 6.07) is 4.91. The molecule has 0 saturated heterocycles. The van der Waals surface area contributed by atoms with Gasteiger partial charge in [-0.3, -0.25) is 0 Å². The highest BCUT2D eigenvalue weighted by atomic mass is 19.1. The Morgan fingerprint density at radius 1 is 1.25 bits per heavy atom. The molecule has 0 heterocycles. The third kappa shape index (κ3) is 2.65. The van der Waals surface area contributed by atoms with E-state index >= 15 is 0 Å². The van der Waals surface area contributed by atoms with Crippen LogP contribution in [0.2, 0.25) is 0 Å². The zero-order chi connectivity index (χ0) is 11.5. The smallest absolute Gasteiger partial charge is 0.166 e. The Morgan fingerprint density at radius 3 is 2.56 bits per heavy atom. The molecule has 0 aromatic heterocycles. The lowest BCUT2D eigenvalue weighted by molar-refractivity contribution is 0.361. The van der Waals surface area contributed by atoms with Crippen LogP contribution in [-0.4, -0.2) is 11.1 Å². The molecule has 16 heavy (non-hydrogen) atoms. The van der Waals surface area contributed by atoms with Crippen LogP contribution in [0.3, 0.4) is 0 Å². The zero-order valence-corrected chi connectivity index (χ0v) is 9.54. The van der Waals surface area contributed by atoms with Gasteiger partial charge >= 0.3 is 0 Å². The molecule has 0 aliphatic heterocycles. The number of benzene rings is 1. The molecule has 1 aromatic rings. The van der Waals surface area contributed by atoms with Crippen LogP contribution in [-0.2, 0) is 0 Å². The highest BCUT2D eigenvalue weighted by Crippen LogP contribution is 2.27. The molecule has 1 aliphatic carbocycles. The van der Waals surface area contributed by atoms with Crippen LogP contribution < -0.4 is 5.32 Å². The number of hydrogen-bond acceptors (Lipinski definition) is 2. The van der Waals surface area contributed by atoms with Crippen LogP contribution in [0.15, 0.2) is 18.2 Å². The van der Waals surface area contributed by atoms with Crippen molar-refractivity contribution in [1.82, 2.24) is 0 Å². The monoisotopic (exact) mass is 223 g/mol. The zero-order valence-electron chi connectivity index (χ0n) is 9.54. The molecular formula is C13H18FNO. The van der Waals surface area contributed by atoms with Crippen LogP contribution in [0.4, 0.5) is 10.1 Å². The maximum absolute atomic E-state index is 13.1. The average Bonchev–Trinajstić information content (AvgIpc) is 2.27. The van der Waals surface area contributed by atoms with Gasteiger partial charge in [0.2, 0.25) is 0 Å². The van der Waals surface area contributed by atoms with Gasteiger partial charge in [-0.2, -0.15) is 0 Å². The molecule has 1 saturated carbocycles. The second kappa shape index (κ2) is 4.73. The third-order valence-corrected chi connectivity index (χ3v) is 3.33. The lowest BCUT2D eigenvalue weighted by atomic mass is 9.87. The molecule has 2 nitrogen and oxygen atoms in total. The predicted molar refractivity (Wildman–Crippen MR) is 63.1 cm³/mol. The highest BCUT2D eigenvalue weighted by molar-refractivity contribution is 5.47. The quantitative estimate of drug-likeness (QED) is 0.752. The Morgan fingerprint density at radius 2 is 1.94 bits per heavy atom. The van der Waals surface area contributed by atoms with Crippen molar-refractivity contribution in [3.05, 3.63) is 24.0 Å². The minimum absolute atomic E-state index is 0.289. The van der Waals surface area contributed by atoms with E-state index in [0.29, 0.717) is 6.04 Å². The molecule has 2 rings (SSSR count). The van der Waals surface area contributed by atoms with E-state index in [1.165, 1.54) is 25.0 Å². The number of aromatic hydroxyl groups is 1. The SMILES string of the molecule is CC1CCC(Nc2ccc(O)c(F)c2)CC1. The molecule has 0 amide bonds. The van der Waals surface area contributed by atoms with Crippen molar-refractivity contribution in [2.45, 2.75) is 38.6 Å². The van der Waals surface area contributed by atoms with E-state index in [9.17, 15) is 4.39 Å². The van der Waals surface area contributed by atoms with Gasteiger partial charge < -0.3 is 10.4 Å². The molecule has 0 radical (unpaired) electrons. The van der Waals surface area contributed by atoms with E-state index < -0.39 is 5.82 Å². The largest absolute Gasteiger partial charge is 0.505 e. The molecule has 88 valence electrons. The molecule has 0 unspecified atom stereocenters. The topological polar surface area (TPSA) is 32.3 Å². The summed E-state index contributed by atoms with van der Waals surface area (Å²) in [6.45, 7) is 2.27. The van der Waals surface area contributed by atoms with Crippen molar-refractivity contribution in [3.63, 3.8) is 0 Å². The van der Waals surface area contributed by atoms with Gasteiger partial charge in [-0.05, 0) is 43.7 Å². The number of halogens is 1. The summed E-state index contributed by atoms with van der Waals surface area (Å²) in [5, 5.41) is 12.4. The maximum Gasteiger partial charge on any atom is 0.166 e. The van der Waals surface area contributed by atoms with Gasteiger partial charge in [-0.1, -0.05) is 6.92 Å². The Kier molecular flexibility index (Phi) is 3.32. The number of hydrogen-bond donors (Lipinski definition) is 2. The minimum atomic E-state index is -0.561. The van der Waals surface area contributed by atoms with Crippen LogP contribution in [0.5, 0.6) is 5.75 Å². The van der Waals surface area contributed by atoms with E-state index in [4.69, 9.17) is 5.11 Å². The highest BCUT2D eigenvalue weighted by Gasteiger charge is 2.18. The van der Waals surface area contributed by atoms with Crippen LogP contribution in [0.25, 0.3) is 0 Å². The summed E-state index contributed by atoms with van der Waals surface area (Å²) < 4.78 is 13.1. The maximum atomic E-state index is 13.1. The normalized spacial score (nSPS) is 25.4. The summed E-state index contributed by atoms with van der Waals surface area (Å²) in [4.78, 5) is 0. The molecule has 3 heteroatoms. The van der Waals surface area contributed by atoms with Crippen LogP contribution in [0.1, 0.15) is 32.6 Å². The standard InChI is InChI=1S/C13H18FNO/c1-9-2-4-10(5-3-9)15-11-6-7-13(16)12(14)8-11/h6-10,15-16H,2-5H2,1H3. The number of nitrogens with one attached hydrogen (secondary N) is 1. The van der Waals surface area contributed by atoms with Crippen LogP contribution in [0, 0.1) is 11.7 Å². The first-order chi connectivity index (χ1) is 7.65. The molecule has 0 bridgehead atoms. The fraction of sp³-hybridized carbons (Fsp3) is 0.538. The Labute approximate surface area is 95.5 Å². The van der Waals surface area contributed by atoms with Crippen molar-refractivity contribution in [3.8, 4) is 5.75 Å².